The number of anilines is 1. The molecule has 2 aliphatic heterocycles. The van der Waals surface area contributed by atoms with Crippen LogP contribution in [0.25, 0.3) is 17.7 Å². The second-order valence-electron chi connectivity index (χ2n) is 10.2. The van der Waals surface area contributed by atoms with Gasteiger partial charge in [0.15, 0.2) is 5.17 Å². The Hall–Kier alpha value is -4.46. The largest absolute Gasteiger partial charge is 0.497 e. The molecule has 0 atom stereocenters. The number of hydrogen-bond donors (Lipinski definition) is 0. The van der Waals surface area contributed by atoms with Crippen LogP contribution in [-0.4, -0.2) is 36.2 Å². The van der Waals surface area contributed by atoms with E-state index in [4.69, 9.17) is 9.73 Å². The molecule has 0 unspecified atom stereocenters. The Morgan fingerprint density at radius 1 is 0.795 bits per heavy atom. The Balaban J connectivity index is 1.35. The van der Waals surface area contributed by atoms with Gasteiger partial charge < -0.3 is 9.64 Å². The Kier molecular flexibility index (Phi) is 9.05. The van der Waals surface area contributed by atoms with E-state index in [0.29, 0.717) is 16.6 Å². The maximum atomic E-state index is 13.9. The molecule has 4 aromatic rings. The summed E-state index contributed by atoms with van der Waals surface area (Å²) in [6.45, 7) is 5.47. The van der Waals surface area contributed by atoms with Crippen LogP contribution in [-0.2, 0) is 4.79 Å². The van der Waals surface area contributed by atoms with E-state index >= 15 is 0 Å². The first-order chi connectivity index (χ1) is 21.6. The highest BCUT2D eigenvalue weighted by Gasteiger charge is 2.35. The van der Waals surface area contributed by atoms with E-state index in [9.17, 15) is 4.79 Å². The lowest BCUT2D eigenvalue weighted by Gasteiger charge is -2.19. The van der Waals surface area contributed by atoms with Crippen LogP contribution in [0.2, 0.25) is 0 Å². The van der Waals surface area contributed by atoms with Crippen LogP contribution < -0.4 is 9.64 Å². The van der Waals surface area contributed by atoms with E-state index in [1.54, 1.807) is 23.8 Å². The SMILES string of the molecule is CCN1C(=O)/C(=C(\C=C2\Sc3cc(OC)ccc3N2CC)c2ccccc2)SC1=Nc1ccc(/C=C/c2ccccc2)cc1. The Bertz CT molecular complexity index is 1780. The molecule has 2 aliphatic rings. The maximum absolute atomic E-state index is 13.9. The van der Waals surface area contributed by atoms with Crippen LogP contribution in [0.5, 0.6) is 5.75 Å². The summed E-state index contributed by atoms with van der Waals surface area (Å²) in [5.41, 5.74) is 6.09. The third kappa shape index (κ3) is 6.25. The minimum Gasteiger partial charge on any atom is -0.497 e. The van der Waals surface area contributed by atoms with E-state index in [-0.39, 0.29) is 5.91 Å². The van der Waals surface area contributed by atoms with E-state index in [1.807, 2.05) is 61.5 Å². The van der Waals surface area contributed by atoms with Crippen molar-refractivity contribution in [3.63, 3.8) is 0 Å². The number of amides is 1. The first kappa shape index (κ1) is 29.6. The highest BCUT2D eigenvalue weighted by Crippen LogP contribution is 2.49. The van der Waals surface area contributed by atoms with Gasteiger partial charge in [0.1, 0.15) is 5.75 Å². The highest BCUT2D eigenvalue weighted by atomic mass is 32.2. The minimum absolute atomic E-state index is 0.0282. The monoisotopic (exact) mass is 615 g/mol. The molecule has 7 heteroatoms. The number of fused-ring (bicyclic) bond motifs is 1. The van der Waals surface area contributed by atoms with E-state index in [2.05, 4.69) is 78.6 Å². The predicted octanol–water partition coefficient (Wildman–Crippen LogP) is 9.33. The lowest BCUT2D eigenvalue weighted by atomic mass is 10.0. The van der Waals surface area contributed by atoms with Gasteiger partial charge >= 0.3 is 0 Å². The van der Waals surface area contributed by atoms with Crippen molar-refractivity contribution in [3.8, 4) is 5.75 Å². The summed E-state index contributed by atoms with van der Waals surface area (Å²) < 4.78 is 5.48. The molecule has 0 aliphatic carbocycles. The fourth-order valence-corrected chi connectivity index (χ4v) is 7.46. The van der Waals surface area contributed by atoms with Crippen LogP contribution in [0.15, 0.2) is 129 Å². The van der Waals surface area contributed by atoms with Gasteiger partial charge in [0, 0.05) is 23.6 Å². The van der Waals surface area contributed by atoms with Crippen LogP contribution in [0, 0.1) is 0 Å². The summed E-state index contributed by atoms with van der Waals surface area (Å²) in [4.78, 5) is 24.7. The molecule has 0 N–H and O–H groups in total. The van der Waals surface area contributed by atoms with Crippen LogP contribution in [0.4, 0.5) is 11.4 Å². The van der Waals surface area contributed by atoms with E-state index in [0.717, 1.165) is 55.9 Å². The fourth-order valence-electron chi connectivity index (χ4n) is 5.13. The maximum Gasteiger partial charge on any atom is 0.267 e. The quantitative estimate of drug-likeness (QED) is 0.146. The predicted molar refractivity (Wildman–Crippen MR) is 187 cm³/mol. The van der Waals surface area contributed by atoms with Gasteiger partial charge in [-0.25, -0.2) is 4.99 Å². The molecule has 0 spiro atoms. The lowest BCUT2D eigenvalue weighted by molar-refractivity contribution is -0.122. The van der Waals surface area contributed by atoms with Gasteiger partial charge in [0.05, 0.1) is 28.4 Å². The summed E-state index contributed by atoms with van der Waals surface area (Å²) in [5, 5.41) is 1.76. The summed E-state index contributed by atoms with van der Waals surface area (Å²) in [7, 11) is 1.69. The molecule has 2 heterocycles. The number of allylic oxidation sites excluding steroid dienone is 2. The lowest BCUT2D eigenvalue weighted by Crippen LogP contribution is -2.28. The number of methoxy groups -OCH3 is 1. The number of nitrogens with zero attached hydrogens (tertiary/aromatic N) is 3. The zero-order chi connectivity index (χ0) is 30.5. The molecule has 1 fully saturated rings. The van der Waals surface area contributed by atoms with Gasteiger partial charge in [-0.05, 0) is 78.7 Å². The molecular formula is C37H33N3O2S2. The van der Waals surface area contributed by atoms with Gasteiger partial charge in [0.25, 0.3) is 5.91 Å². The van der Waals surface area contributed by atoms with Crippen molar-refractivity contribution in [2.45, 2.75) is 18.7 Å². The molecule has 0 radical (unpaired) electrons. The zero-order valence-electron chi connectivity index (χ0n) is 24.9. The normalized spacial score (nSPS) is 17.7. The summed E-state index contributed by atoms with van der Waals surface area (Å²) in [6, 6.07) is 34.6. The second-order valence-corrected chi connectivity index (χ2v) is 12.2. The number of carbonyl (C=O) groups excluding carboxylic acids is 1. The van der Waals surface area contributed by atoms with Gasteiger partial charge in [-0.3, -0.25) is 9.69 Å². The average Bonchev–Trinajstić information content (AvgIpc) is 3.58. The topological polar surface area (TPSA) is 45.1 Å². The van der Waals surface area contributed by atoms with Crippen molar-refractivity contribution in [1.29, 1.82) is 0 Å². The molecule has 6 rings (SSSR count). The van der Waals surface area contributed by atoms with Crippen molar-refractivity contribution in [2.24, 2.45) is 4.99 Å². The van der Waals surface area contributed by atoms with Crippen LogP contribution >= 0.6 is 23.5 Å². The molecular weight excluding hydrogens is 583 g/mol. The van der Waals surface area contributed by atoms with Crippen molar-refractivity contribution in [1.82, 2.24) is 4.90 Å². The Morgan fingerprint density at radius 2 is 1.45 bits per heavy atom. The second kappa shape index (κ2) is 13.5. The molecule has 1 saturated heterocycles. The first-order valence-electron chi connectivity index (χ1n) is 14.6. The highest BCUT2D eigenvalue weighted by molar-refractivity contribution is 8.18. The van der Waals surface area contributed by atoms with Gasteiger partial charge in [-0.1, -0.05) is 96.7 Å². The molecule has 0 saturated carbocycles. The number of carbonyl (C=O) groups is 1. The molecule has 5 nitrogen and oxygen atoms in total. The Morgan fingerprint density at radius 3 is 2.11 bits per heavy atom. The molecule has 0 bridgehead atoms. The summed E-state index contributed by atoms with van der Waals surface area (Å²) in [5.74, 6) is 0.802. The number of benzene rings is 4. The number of hydrogen-bond acceptors (Lipinski definition) is 6. The van der Waals surface area contributed by atoms with Crippen molar-refractivity contribution >= 4 is 63.7 Å². The number of rotatable bonds is 8. The van der Waals surface area contributed by atoms with Crippen molar-refractivity contribution in [3.05, 3.63) is 136 Å². The fraction of sp³-hybridized carbons (Fsp3) is 0.135. The summed E-state index contributed by atoms with van der Waals surface area (Å²) in [6.07, 6.45) is 6.34. The number of aliphatic imine (C=N–C) groups is 1. The molecule has 0 aromatic heterocycles. The summed E-state index contributed by atoms with van der Waals surface area (Å²) >= 11 is 3.14. The van der Waals surface area contributed by atoms with Gasteiger partial charge in [-0.15, -0.1) is 0 Å². The minimum atomic E-state index is -0.0282. The third-order valence-corrected chi connectivity index (χ3v) is 9.60. The number of ether oxygens (including phenoxy) is 1. The van der Waals surface area contributed by atoms with E-state index < -0.39 is 0 Å². The van der Waals surface area contributed by atoms with Crippen LogP contribution in [0.1, 0.15) is 30.5 Å². The smallest absolute Gasteiger partial charge is 0.267 e. The zero-order valence-corrected chi connectivity index (χ0v) is 26.6. The third-order valence-electron chi connectivity index (χ3n) is 7.42. The Labute approximate surface area is 267 Å². The first-order valence-corrected chi connectivity index (χ1v) is 16.3. The molecule has 4 aromatic carbocycles. The van der Waals surface area contributed by atoms with Crippen molar-refractivity contribution < 1.29 is 9.53 Å². The average molecular weight is 616 g/mol. The molecule has 44 heavy (non-hydrogen) atoms. The molecule has 1 amide bonds. The van der Waals surface area contributed by atoms with E-state index in [1.165, 1.54) is 11.8 Å². The van der Waals surface area contributed by atoms with Crippen LogP contribution in [0.3, 0.4) is 0 Å². The van der Waals surface area contributed by atoms with Gasteiger partial charge in [-0.2, -0.15) is 0 Å². The van der Waals surface area contributed by atoms with Gasteiger partial charge in [0.2, 0.25) is 0 Å². The number of likely N-dealkylation sites (N-methyl/N-ethyl adjacent to an activating group) is 1. The standard InChI is InChI=1S/C37H33N3O2S2/c1-4-39-32-23-22-30(42-3)24-33(32)43-34(39)25-31(28-14-10-7-11-15-28)35-36(41)40(5-2)37(44-35)38-29-20-18-27(19-21-29)17-16-26-12-8-6-9-13-26/h6-25H,4-5H2,1-3H3/b17-16+,34-25+,35-31-,38-37?. The van der Waals surface area contributed by atoms with Crippen molar-refractivity contribution in [2.75, 3.05) is 25.1 Å². The number of amidine groups is 1. The molecule has 220 valence electrons. The number of thioether (sulfide) groups is 2.